The van der Waals surface area contributed by atoms with E-state index in [0.717, 1.165) is 31.4 Å². The topological polar surface area (TPSA) is 58.6 Å². The summed E-state index contributed by atoms with van der Waals surface area (Å²) in [6.45, 7) is -0.00152. The first-order chi connectivity index (χ1) is 11.0. The zero-order valence-corrected chi connectivity index (χ0v) is 12.8. The number of benzene rings is 1. The third-order valence-electron chi connectivity index (χ3n) is 4.92. The van der Waals surface area contributed by atoms with Gasteiger partial charge in [-0.3, -0.25) is 4.79 Å². The zero-order chi connectivity index (χ0) is 16.4. The van der Waals surface area contributed by atoms with Crippen LogP contribution in [0.1, 0.15) is 25.7 Å². The summed E-state index contributed by atoms with van der Waals surface area (Å²) in [4.78, 5) is 12.1. The predicted octanol–water partition coefficient (Wildman–Crippen LogP) is 2.26. The summed E-state index contributed by atoms with van der Waals surface area (Å²) in [7, 11) is 0. The van der Waals surface area contributed by atoms with Gasteiger partial charge in [0.05, 0.1) is 0 Å². The minimum Gasteiger partial charge on any atom is -0.491 e. The van der Waals surface area contributed by atoms with E-state index < -0.39 is 17.7 Å². The summed E-state index contributed by atoms with van der Waals surface area (Å²) in [6, 6.07) is 3.18. The van der Waals surface area contributed by atoms with Gasteiger partial charge in [-0.05, 0) is 43.2 Å². The van der Waals surface area contributed by atoms with Gasteiger partial charge in [0.15, 0.2) is 11.6 Å². The number of hydrogen-bond donors (Lipinski definition) is 2. The highest BCUT2D eigenvalue weighted by atomic mass is 19.2. The monoisotopic (exact) mass is 325 g/mol. The van der Waals surface area contributed by atoms with E-state index >= 15 is 0 Å². The number of halogens is 2. The van der Waals surface area contributed by atoms with Crippen LogP contribution in [-0.4, -0.2) is 30.3 Å². The summed E-state index contributed by atoms with van der Waals surface area (Å²) >= 11 is 0. The zero-order valence-electron chi connectivity index (χ0n) is 12.8. The van der Waals surface area contributed by atoms with Crippen molar-refractivity contribution in [3.8, 4) is 5.75 Å². The maximum Gasteiger partial charge on any atom is 0.223 e. The van der Waals surface area contributed by atoms with E-state index in [1.54, 1.807) is 0 Å². The summed E-state index contributed by atoms with van der Waals surface area (Å²) < 4.78 is 31.0. The molecule has 3 rings (SSSR count). The molecule has 6 heteroatoms. The van der Waals surface area contributed by atoms with Crippen molar-refractivity contribution in [2.75, 3.05) is 13.2 Å². The quantitative estimate of drug-likeness (QED) is 0.843. The minimum absolute atomic E-state index is 0.00377. The molecule has 2 fully saturated rings. The Morgan fingerprint density at radius 1 is 1.30 bits per heavy atom. The fourth-order valence-corrected chi connectivity index (χ4v) is 3.73. The smallest absolute Gasteiger partial charge is 0.223 e. The van der Waals surface area contributed by atoms with Crippen molar-refractivity contribution in [3.05, 3.63) is 29.8 Å². The highest BCUT2D eigenvalue weighted by molar-refractivity contribution is 5.79. The van der Waals surface area contributed by atoms with Crippen molar-refractivity contribution in [3.63, 3.8) is 0 Å². The summed E-state index contributed by atoms with van der Waals surface area (Å²) in [5.41, 5.74) is 0. The summed E-state index contributed by atoms with van der Waals surface area (Å²) in [6.07, 6.45) is 3.58. The molecule has 2 bridgehead atoms. The largest absolute Gasteiger partial charge is 0.491 e. The molecule has 0 spiro atoms. The molecular weight excluding hydrogens is 304 g/mol. The Labute approximate surface area is 133 Å². The third-order valence-corrected chi connectivity index (χ3v) is 4.92. The number of fused-ring (bicyclic) bond motifs is 2. The van der Waals surface area contributed by atoms with Crippen LogP contribution in [-0.2, 0) is 4.79 Å². The molecule has 4 nitrogen and oxygen atoms in total. The molecule has 0 heterocycles. The number of amides is 1. The molecular formula is C17H21F2NO3. The molecule has 0 saturated heterocycles. The number of ether oxygens (including phenoxy) is 1. The Morgan fingerprint density at radius 3 is 2.78 bits per heavy atom. The van der Waals surface area contributed by atoms with Gasteiger partial charge in [-0.25, -0.2) is 8.78 Å². The minimum atomic E-state index is -0.999. The maximum atomic E-state index is 13.0. The number of rotatable bonds is 6. The Kier molecular flexibility index (Phi) is 4.80. The Hall–Kier alpha value is -1.69. The molecule has 4 unspecified atom stereocenters. The van der Waals surface area contributed by atoms with Crippen molar-refractivity contribution >= 4 is 5.91 Å². The van der Waals surface area contributed by atoms with Crippen LogP contribution in [0.5, 0.6) is 5.75 Å². The third kappa shape index (κ3) is 3.80. The van der Waals surface area contributed by atoms with E-state index in [9.17, 15) is 18.7 Å². The van der Waals surface area contributed by atoms with Crippen molar-refractivity contribution in [2.24, 2.45) is 17.8 Å². The molecule has 1 aromatic carbocycles. The average molecular weight is 325 g/mol. The number of hydrogen-bond acceptors (Lipinski definition) is 3. The van der Waals surface area contributed by atoms with Crippen molar-refractivity contribution in [2.45, 2.75) is 31.8 Å². The van der Waals surface area contributed by atoms with Gasteiger partial charge in [-0.15, -0.1) is 0 Å². The number of aliphatic hydroxyl groups is 1. The molecule has 23 heavy (non-hydrogen) atoms. The highest BCUT2D eigenvalue weighted by Crippen LogP contribution is 2.48. The Bertz CT molecular complexity index is 581. The van der Waals surface area contributed by atoms with Crippen LogP contribution in [0.2, 0.25) is 0 Å². The van der Waals surface area contributed by atoms with Crippen LogP contribution in [0.25, 0.3) is 0 Å². The van der Waals surface area contributed by atoms with Crippen LogP contribution in [0.3, 0.4) is 0 Å². The van der Waals surface area contributed by atoms with Gasteiger partial charge < -0.3 is 15.2 Å². The lowest BCUT2D eigenvalue weighted by molar-refractivity contribution is -0.127. The number of nitrogens with one attached hydrogen (secondary N) is 1. The van der Waals surface area contributed by atoms with Crippen molar-refractivity contribution < 1.29 is 23.4 Å². The van der Waals surface area contributed by atoms with Gasteiger partial charge >= 0.3 is 0 Å². The van der Waals surface area contributed by atoms with E-state index in [1.165, 1.54) is 12.5 Å². The first kappa shape index (κ1) is 16.2. The normalized spacial score (nSPS) is 27.0. The summed E-state index contributed by atoms with van der Waals surface area (Å²) in [5, 5.41) is 12.6. The first-order valence-electron chi connectivity index (χ1n) is 8.06. The van der Waals surface area contributed by atoms with Crippen LogP contribution in [0, 0.1) is 29.4 Å². The lowest BCUT2D eigenvalue weighted by Gasteiger charge is -2.21. The van der Waals surface area contributed by atoms with Gasteiger partial charge in [0.2, 0.25) is 5.91 Å². The SMILES string of the molecule is O=C(NCC(O)COc1ccc(F)c(F)c1)C1CC2CCC1C2. The number of carbonyl (C=O) groups excluding carboxylic acids is 1. The molecule has 2 aliphatic carbocycles. The first-order valence-corrected chi connectivity index (χ1v) is 8.06. The lowest BCUT2D eigenvalue weighted by Crippen LogP contribution is -2.40. The van der Waals surface area contributed by atoms with Crippen LogP contribution >= 0.6 is 0 Å². The molecule has 1 amide bonds. The van der Waals surface area contributed by atoms with Crippen LogP contribution in [0.4, 0.5) is 8.78 Å². The number of aliphatic hydroxyl groups excluding tert-OH is 1. The molecule has 0 aromatic heterocycles. The molecule has 2 aliphatic rings. The molecule has 1 aromatic rings. The fourth-order valence-electron chi connectivity index (χ4n) is 3.73. The summed E-state index contributed by atoms with van der Waals surface area (Å²) in [5.74, 6) is -0.537. The van der Waals surface area contributed by atoms with Crippen molar-refractivity contribution in [1.82, 2.24) is 5.32 Å². The molecule has 2 N–H and O–H groups in total. The van der Waals surface area contributed by atoms with Gasteiger partial charge in [-0.1, -0.05) is 6.42 Å². The Morgan fingerprint density at radius 2 is 2.13 bits per heavy atom. The van der Waals surface area contributed by atoms with Crippen LogP contribution in [0.15, 0.2) is 18.2 Å². The predicted molar refractivity (Wildman–Crippen MR) is 79.8 cm³/mol. The Balaban J connectivity index is 1.40. The van der Waals surface area contributed by atoms with Gasteiger partial charge in [0, 0.05) is 18.5 Å². The van der Waals surface area contributed by atoms with Gasteiger partial charge in [0.1, 0.15) is 18.5 Å². The molecule has 4 atom stereocenters. The fraction of sp³-hybridized carbons (Fsp3) is 0.588. The van der Waals surface area contributed by atoms with E-state index in [1.807, 2.05) is 0 Å². The average Bonchev–Trinajstić information content (AvgIpc) is 3.16. The van der Waals surface area contributed by atoms with E-state index in [-0.39, 0.29) is 30.7 Å². The second kappa shape index (κ2) is 6.83. The maximum absolute atomic E-state index is 13.0. The van der Waals surface area contributed by atoms with Crippen molar-refractivity contribution in [1.29, 1.82) is 0 Å². The van der Waals surface area contributed by atoms with E-state index in [0.29, 0.717) is 11.8 Å². The van der Waals surface area contributed by atoms with Crippen LogP contribution < -0.4 is 10.1 Å². The lowest BCUT2D eigenvalue weighted by atomic mass is 9.88. The molecule has 2 saturated carbocycles. The standard InChI is InChI=1S/C17H21F2NO3/c18-15-4-3-13(7-16(15)19)23-9-12(21)8-20-17(22)14-6-10-1-2-11(14)5-10/h3-4,7,10-12,14,21H,1-2,5-6,8-9H2,(H,20,22). The molecule has 0 aliphatic heterocycles. The molecule has 0 radical (unpaired) electrons. The highest BCUT2D eigenvalue weighted by Gasteiger charge is 2.42. The second-order valence-corrected chi connectivity index (χ2v) is 6.57. The second-order valence-electron chi connectivity index (χ2n) is 6.57. The van der Waals surface area contributed by atoms with E-state index in [2.05, 4.69) is 5.32 Å². The molecule has 126 valence electrons. The number of carbonyl (C=O) groups is 1. The van der Waals surface area contributed by atoms with Gasteiger partial charge in [-0.2, -0.15) is 0 Å². The van der Waals surface area contributed by atoms with E-state index in [4.69, 9.17) is 4.74 Å². The van der Waals surface area contributed by atoms with Gasteiger partial charge in [0.25, 0.3) is 0 Å².